The first-order valence-electron chi connectivity index (χ1n) is 3.10. The Morgan fingerprint density at radius 1 is 1.18 bits per heavy atom. The van der Waals surface area contributed by atoms with E-state index in [1.165, 1.54) is 0 Å². The van der Waals surface area contributed by atoms with E-state index in [2.05, 4.69) is 4.74 Å². The molecule has 11 heavy (non-hydrogen) atoms. The highest BCUT2D eigenvalue weighted by Crippen LogP contribution is 2.55. The van der Waals surface area contributed by atoms with E-state index in [1.807, 2.05) is 0 Å². The van der Waals surface area contributed by atoms with Crippen LogP contribution in [-0.2, 0) is 4.74 Å². The minimum absolute atomic E-state index is 0.635. The van der Waals surface area contributed by atoms with Gasteiger partial charge in [-0.1, -0.05) is 0 Å². The fourth-order valence-corrected chi connectivity index (χ4v) is 0.935. The van der Waals surface area contributed by atoms with Crippen LogP contribution in [-0.4, -0.2) is 24.1 Å². The summed E-state index contributed by atoms with van der Waals surface area (Å²) in [6, 6.07) is 0. The van der Waals surface area contributed by atoms with Gasteiger partial charge in [0.15, 0.2) is 6.67 Å². The second-order valence-electron chi connectivity index (χ2n) is 2.88. The third kappa shape index (κ3) is 0.802. The van der Waals surface area contributed by atoms with Gasteiger partial charge in [-0.25, -0.2) is 17.6 Å². The van der Waals surface area contributed by atoms with Gasteiger partial charge in [0.2, 0.25) is 11.5 Å². The molecular formula is C6H8F4O. The van der Waals surface area contributed by atoms with Crippen LogP contribution in [0.15, 0.2) is 0 Å². The molecule has 0 aromatic rings. The maximum Gasteiger partial charge on any atom is 0.280 e. The number of hydrogen-bond donors (Lipinski definition) is 0. The van der Waals surface area contributed by atoms with Crippen LogP contribution < -0.4 is 0 Å². The predicted molar refractivity (Wildman–Crippen MR) is 29.9 cm³/mol. The lowest BCUT2D eigenvalue weighted by atomic mass is 9.85. The van der Waals surface area contributed by atoms with Gasteiger partial charge in [0.1, 0.15) is 0 Å². The average molecular weight is 172 g/mol. The molecule has 0 spiro atoms. The van der Waals surface area contributed by atoms with Crippen molar-refractivity contribution in [3.05, 3.63) is 0 Å². The fraction of sp³-hybridized carbons (Fsp3) is 1.00. The van der Waals surface area contributed by atoms with Crippen molar-refractivity contribution < 1.29 is 22.3 Å². The number of halogens is 4. The molecule has 1 fully saturated rings. The van der Waals surface area contributed by atoms with E-state index in [-0.39, 0.29) is 0 Å². The van der Waals surface area contributed by atoms with Gasteiger partial charge < -0.3 is 4.74 Å². The molecule has 1 aliphatic rings. The third-order valence-electron chi connectivity index (χ3n) is 2.07. The average Bonchev–Trinajstić information content (AvgIpc) is 1.86. The summed E-state index contributed by atoms with van der Waals surface area (Å²) < 4.78 is 53.8. The number of rotatable bonds is 1. The largest absolute Gasteiger partial charge is 0.301 e. The maximum atomic E-state index is 12.9. The summed E-state index contributed by atoms with van der Waals surface area (Å²) >= 11 is 0. The van der Waals surface area contributed by atoms with Gasteiger partial charge in [0.25, 0.3) is 5.85 Å². The summed E-state index contributed by atoms with van der Waals surface area (Å²) in [5.41, 5.74) is -2.91. The molecule has 0 bridgehead atoms. The first-order valence-corrected chi connectivity index (χ1v) is 3.10. The molecule has 3 atom stereocenters. The second kappa shape index (κ2) is 1.88. The molecule has 3 unspecified atom stereocenters. The minimum Gasteiger partial charge on any atom is -0.301 e. The maximum absolute atomic E-state index is 12.9. The van der Waals surface area contributed by atoms with Crippen molar-refractivity contribution in [2.24, 2.45) is 0 Å². The van der Waals surface area contributed by atoms with E-state index in [1.54, 1.807) is 0 Å². The van der Waals surface area contributed by atoms with E-state index >= 15 is 0 Å². The Bertz CT molecular complexity index is 179. The molecule has 0 aliphatic carbocycles. The highest BCUT2D eigenvalue weighted by Gasteiger charge is 2.76. The van der Waals surface area contributed by atoms with Crippen molar-refractivity contribution in [1.29, 1.82) is 0 Å². The summed E-state index contributed by atoms with van der Waals surface area (Å²) in [4.78, 5) is 0. The molecule has 0 aromatic carbocycles. The van der Waals surface area contributed by atoms with E-state index in [9.17, 15) is 17.6 Å². The van der Waals surface area contributed by atoms with E-state index in [4.69, 9.17) is 0 Å². The van der Waals surface area contributed by atoms with Gasteiger partial charge in [0.05, 0.1) is 0 Å². The quantitative estimate of drug-likeness (QED) is 0.550. The molecule has 1 rings (SSSR count). The Labute approximate surface area is 61.3 Å². The zero-order valence-corrected chi connectivity index (χ0v) is 6.13. The zero-order chi connectivity index (χ0) is 8.91. The van der Waals surface area contributed by atoms with Crippen LogP contribution in [0.4, 0.5) is 17.6 Å². The smallest absolute Gasteiger partial charge is 0.280 e. The molecule has 1 nitrogen and oxygen atoms in total. The van der Waals surface area contributed by atoms with Crippen LogP contribution in [0.25, 0.3) is 0 Å². The van der Waals surface area contributed by atoms with Crippen molar-refractivity contribution in [3.63, 3.8) is 0 Å². The fourth-order valence-electron chi connectivity index (χ4n) is 0.935. The summed E-state index contributed by atoms with van der Waals surface area (Å²) in [7, 11) is 0. The van der Waals surface area contributed by atoms with Gasteiger partial charge in [-0.2, -0.15) is 0 Å². The normalized spacial score (nSPS) is 57.3. The number of hydrogen-bond acceptors (Lipinski definition) is 1. The van der Waals surface area contributed by atoms with Crippen molar-refractivity contribution in [2.75, 3.05) is 6.67 Å². The summed E-state index contributed by atoms with van der Waals surface area (Å²) in [5, 5.41) is 0. The van der Waals surface area contributed by atoms with Crippen LogP contribution in [0, 0.1) is 0 Å². The molecule has 0 amide bonds. The van der Waals surface area contributed by atoms with Crippen LogP contribution in [0.5, 0.6) is 0 Å². The summed E-state index contributed by atoms with van der Waals surface area (Å²) in [6.45, 7) is -0.323. The lowest BCUT2D eigenvalue weighted by Gasteiger charge is -2.53. The number of ether oxygens (including phenoxy) is 1. The van der Waals surface area contributed by atoms with Crippen LogP contribution >= 0.6 is 0 Å². The van der Waals surface area contributed by atoms with Crippen LogP contribution in [0.3, 0.4) is 0 Å². The standard InChI is InChI=1S/C6H8F4O/c1-4(8)5(2,9)11-6(4,10)3-7/h3H2,1-2H3. The Hall–Kier alpha value is -0.320. The molecular weight excluding hydrogens is 164 g/mol. The molecule has 0 radical (unpaired) electrons. The van der Waals surface area contributed by atoms with Gasteiger partial charge in [-0.15, -0.1) is 0 Å². The summed E-state index contributed by atoms with van der Waals surface area (Å²) in [5.74, 6) is -5.84. The van der Waals surface area contributed by atoms with Gasteiger partial charge in [-0.05, 0) is 13.8 Å². The second-order valence-corrected chi connectivity index (χ2v) is 2.88. The highest BCUT2D eigenvalue weighted by molar-refractivity contribution is 5.09. The minimum atomic E-state index is -3.11. The Kier molecular flexibility index (Phi) is 1.50. The SMILES string of the molecule is CC1(F)OC(F)(CF)C1(C)F. The predicted octanol–water partition coefficient (Wildman–Crippen LogP) is 2.07. The van der Waals surface area contributed by atoms with Crippen LogP contribution in [0.2, 0.25) is 0 Å². The molecule has 0 saturated carbocycles. The Morgan fingerprint density at radius 3 is 1.73 bits per heavy atom. The molecule has 0 N–H and O–H groups in total. The van der Waals surface area contributed by atoms with Crippen molar-refractivity contribution in [3.8, 4) is 0 Å². The first-order chi connectivity index (χ1) is 4.77. The van der Waals surface area contributed by atoms with Crippen LogP contribution in [0.1, 0.15) is 13.8 Å². The molecule has 1 saturated heterocycles. The van der Waals surface area contributed by atoms with Crippen molar-refractivity contribution >= 4 is 0 Å². The highest BCUT2D eigenvalue weighted by atomic mass is 19.2. The molecule has 5 heteroatoms. The topological polar surface area (TPSA) is 9.23 Å². The molecule has 66 valence electrons. The van der Waals surface area contributed by atoms with Gasteiger partial charge in [-0.3, -0.25) is 0 Å². The molecule has 1 aliphatic heterocycles. The van der Waals surface area contributed by atoms with Crippen molar-refractivity contribution in [1.82, 2.24) is 0 Å². The van der Waals surface area contributed by atoms with Gasteiger partial charge in [0, 0.05) is 0 Å². The monoisotopic (exact) mass is 172 g/mol. The molecule has 1 heterocycles. The van der Waals surface area contributed by atoms with E-state index < -0.39 is 24.1 Å². The zero-order valence-electron chi connectivity index (χ0n) is 6.13. The Morgan fingerprint density at radius 2 is 1.64 bits per heavy atom. The lowest BCUT2D eigenvalue weighted by molar-refractivity contribution is -0.461. The third-order valence-corrected chi connectivity index (χ3v) is 2.07. The number of alkyl halides is 4. The summed E-state index contributed by atoms with van der Waals surface area (Å²) in [6.07, 6.45) is 0. The molecule has 0 aromatic heterocycles. The first kappa shape index (κ1) is 8.77. The van der Waals surface area contributed by atoms with E-state index in [0.717, 1.165) is 6.92 Å². The van der Waals surface area contributed by atoms with Gasteiger partial charge >= 0.3 is 0 Å². The van der Waals surface area contributed by atoms with Crippen molar-refractivity contribution in [2.45, 2.75) is 31.2 Å². The van der Waals surface area contributed by atoms with E-state index in [0.29, 0.717) is 6.92 Å². The lowest BCUT2D eigenvalue weighted by Crippen LogP contribution is -2.74. The Balaban J connectivity index is 2.84.